The molecule has 0 amide bonds. The van der Waals surface area contributed by atoms with Gasteiger partial charge in [0.1, 0.15) is 0 Å². The molecule has 2 N–H and O–H groups in total. The van der Waals surface area contributed by atoms with Crippen LogP contribution in [0.3, 0.4) is 0 Å². The summed E-state index contributed by atoms with van der Waals surface area (Å²) in [5.74, 6) is -1.75. The van der Waals surface area contributed by atoms with Crippen LogP contribution in [0.1, 0.15) is 55.6 Å². The Balaban J connectivity index is 0.000000465. The summed E-state index contributed by atoms with van der Waals surface area (Å²) < 4.78 is 24.1. The molecular weight excluding hydrogens is 546 g/mol. The topological polar surface area (TPSA) is 40.5 Å². The van der Waals surface area contributed by atoms with Gasteiger partial charge in [0, 0.05) is 0 Å². The molecule has 0 aliphatic rings. The van der Waals surface area contributed by atoms with E-state index in [0.717, 1.165) is 0 Å². The first kappa shape index (κ1) is 34.5. The predicted molar refractivity (Wildman–Crippen MR) is 148 cm³/mol. The number of benzene rings is 2. The third-order valence-corrected chi connectivity index (χ3v) is 7.33. The molecule has 0 aromatic heterocycles. The van der Waals surface area contributed by atoms with Crippen molar-refractivity contribution in [3.8, 4) is 11.5 Å². The second-order valence-electron chi connectivity index (χ2n) is 9.15. The van der Waals surface area contributed by atoms with Crippen molar-refractivity contribution in [3.63, 3.8) is 0 Å². The van der Waals surface area contributed by atoms with Crippen LogP contribution in [0.15, 0.2) is 48.5 Å². The Kier molecular flexibility index (Phi) is 14.6. The normalized spacial score (nSPS) is 9.62. The van der Waals surface area contributed by atoms with Crippen molar-refractivity contribution in [2.75, 3.05) is 0 Å². The van der Waals surface area contributed by atoms with Gasteiger partial charge in [-0.05, 0) is 24.3 Å². The molecule has 4 aromatic carbocycles. The Bertz CT molecular complexity index is 980. The number of hydrogen-bond donors (Lipinski definition) is 2. The summed E-state index contributed by atoms with van der Waals surface area (Å²) in [5, 5.41) is 17.1. The van der Waals surface area contributed by atoms with E-state index in [4.69, 9.17) is 10.2 Å². The maximum atomic E-state index is 12.1. The fourth-order valence-corrected chi connectivity index (χ4v) is 3.72. The standard InChI is InChI=1S/2C10H15.2C6H5FO.Zr/c2*1-6-7(2)9(4)10(5)8(6)3;2*7-5-3-1-2-4-6(5)8;/h2*1-5H3;2*1-4,8H;/q2*-1;;;+2. The monoisotopic (exact) mass is 584 g/mol. The van der Waals surface area contributed by atoms with Gasteiger partial charge in [0.2, 0.25) is 0 Å². The Labute approximate surface area is 240 Å². The fourth-order valence-electron chi connectivity index (χ4n) is 3.72. The van der Waals surface area contributed by atoms with Gasteiger partial charge in [-0.25, -0.2) is 8.78 Å². The fraction of sp³-hybridized carbons (Fsp3) is 0.312. The molecule has 0 atom stereocenters. The van der Waals surface area contributed by atoms with Crippen LogP contribution in [0.25, 0.3) is 0 Å². The van der Waals surface area contributed by atoms with E-state index in [2.05, 4.69) is 69.2 Å². The molecule has 0 radical (unpaired) electrons. The molecule has 4 rings (SSSR count). The molecule has 198 valence electrons. The van der Waals surface area contributed by atoms with Crippen LogP contribution in [0.5, 0.6) is 11.5 Å². The van der Waals surface area contributed by atoms with E-state index in [-0.39, 0.29) is 37.7 Å². The molecule has 0 saturated carbocycles. The number of aromatic hydroxyl groups is 2. The summed E-state index contributed by atoms with van der Waals surface area (Å²) >= 11 is 0. The summed E-state index contributed by atoms with van der Waals surface area (Å²) in [4.78, 5) is 0. The van der Waals surface area contributed by atoms with E-state index >= 15 is 0 Å². The van der Waals surface area contributed by atoms with Crippen molar-refractivity contribution >= 4 is 0 Å². The van der Waals surface area contributed by atoms with Crippen LogP contribution in [0, 0.1) is 80.9 Å². The van der Waals surface area contributed by atoms with E-state index in [9.17, 15) is 8.78 Å². The minimum Gasteiger partial charge on any atom is -0.505 e. The summed E-state index contributed by atoms with van der Waals surface area (Å²) in [5.41, 5.74) is 14.7. The summed E-state index contributed by atoms with van der Waals surface area (Å²) in [6.45, 7) is 22.0. The largest absolute Gasteiger partial charge is 2.00 e. The average Bonchev–Trinajstić information content (AvgIpc) is 3.14. The molecular formula is C32H40F2O2Zr. The van der Waals surface area contributed by atoms with Crippen LogP contribution < -0.4 is 0 Å². The van der Waals surface area contributed by atoms with Crippen molar-refractivity contribution in [2.24, 2.45) is 0 Å². The first-order chi connectivity index (χ1) is 16.7. The quantitative estimate of drug-likeness (QED) is 0.202. The van der Waals surface area contributed by atoms with Crippen molar-refractivity contribution in [1.82, 2.24) is 0 Å². The molecule has 0 unspecified atom stereocenters. The Morgan fingerprint density at radius 2 is 0.703 bits per heavy atom. The minimum atomic E-state index is -0.576. The molecule has 0 heterocycles. The van der Waals surface area contributed by atoms with Crippen LogP contribution in [-0.2, 0) is 26.2 Å². The van der Waals surface area contributed by atoms with E-state index in [1.807, 2.05) is 0 Å². The van der Waals surface area contributed by atoms with Gasteiger partial charge in [-0.1, -0.05) is 93.5 Å². The van der Waals surface area contributed by atoms with Gasteiger partial charge in [-0.2, -0.15) is 55.6 Å². The third-order valence-electron chi connectivity index (χ3n) is 7.33. The Hall–Kier alpha value is -2.52. The molecule has 0 aliphatic heterocycles. The zero-order chi connectivity index (χ0) is 27.7. The molecule has 2 nitrogen and oxygen atoms in total. The molecule has 0 fully saturated rings. The van der Waals surface area contributed by atoms with Crippen LogP contribution in [0.4, 0.5) is 8.78 Å². The van der Waals surface area contributed by atoms with Crippen LogP contribution in [-0.4, -0.2) is 10.2 Å². The van der Waals surface area contributed by atoms with E-state index in [1.54, 1.807) is 12.1 Å². The van der Waals surface area contributed by atoms with Crippen molar-refractivity contribution in [3.05, 3.63) is 116 Å². The zero-order valence-corrected chi connectivity index (χ0v) is 26.2. The van der Waals surface area contributed by atoms with Crippen molar-refractivity contribution < 1.29 is 45.2 Å². The SMILES string of the molecule is Cc1c(C)c(C)[c-](C)c1C.Cc1c(C)c(C)[c-](C)c1C.Oc1ccccc1F.Oc1ccccc1F.[Zr+2]. The maximum Gasteiger partial charge on any atom is 2.00 e. The second-order valence-corrected chi connectivity index (χ2v) is 9.15. The molecule has 0 aliphatic carbocycles. The van der Waals surface area contributed by atoms with E-state index in [1.165, 1.54) is 92.0 Å². The van der Waals surface area contributed by atoms with Crippen LogP contribution >= 0.6 is 0 Å². The third kappa shape index (κ3) is 9.38. The summed E-state index contributed by atoms with van der Waals surface area (Å²) in [6.07, 6.45) is 0. The molecule has 5 heteroatoms. The van der Waals surface area contributed by atoms with E-state index < -0.39 is 11.6 Å². The van der Waals surface area contributed by atoms with Crippen molar-refractivity contribution in [2.45, 2.75) is 69.2 Å². The molecule has 0 saturated heterocycles. The maximum absolute atomic E-state index is 12.1. The summed E-state index contributed by atoms with van der Waals surface area (Å²) in [7, 11) is 0. The van der Waals surface area contributed by atoms with Gasteiger partial charge in [-0.15, -0.1) is 0 Å². The number of rotatable bonds is 0. The number of halogens is 2. The van der Waals surface area contributed by atoms with Gasteiger partial charge in [-0.3, -0.25) is 0 Å². The van der Waals surface area contributed by atoms with Gasteiger partial charge < -0.3 is 10.2 Å². The molecule has 4 aromatic rings. The van der Waals surface area contributed by atoms with Crippen molar-refractivity contribution in [1.29, 1.82) is 0 Å². The molecule has 0 bridgehead atoms. The van der Waals surface area contributed by atoms with Gasteiger partial charge in [0.05, 0.1) is 0 Å². The smallest absolute Gasteiger partial charge is 0.505 e. The Morgan fingerprint density at radius 1 is 0.486 bits per heavy atom. The molecule has 37 heavy (non-hydrogen) atoms. The van der Waals surface area contributed by atoms with E-state index in [0.29, 0.717) is 0 Å². The molecule has 0 spiro atoms. The summed E-state index contributed by atoms with van der Waals surface area (Å²) in [6, 6.07) is 11.2. The van der Waals surface area contributed by atoms with Gasteiger partial charge in [0.15, 0.2) is 23.1 Å². The van der Waals surface area contributed by atoms with Gasteiger partial charge in [0.25, 0.3) is 0 Å². The van der Waals surface area contributed by atoms with Crippen LogP contribution in [0.2, 0.25) is 0 Å². The number of hydrogen-bond acceptors (Lipinski definition) is 2. The zero-order valence-electron chi connectivity index (χ0n) is 23.8. The minimum absolute atomic E-state index is 0. The predicted octanol–water partition coefficient (Wildman–Crippen LogP) is 8.96. The average molecular weight is 586 g/mol. The number of phenols is 2. The van der Waals surface area contributed by atoms with Gasteiger partial charge >= 0.3 is 26.2 Å². The number of phenolic OH excluding ortho intramolecular Hbond substituents is 2. The first-order valence-electron chi connectivity index (χ1n) is 12.0. The Morgan fingerprint density at radius 3 is 0.811 bits per heavy atom. The first-order valence-corrected chi connectivity index (χ1v) is 12.0. The second kappa shape index (κ2) is 15.7. The number of para-hydroxylation sites is 2.